The van der Waals surface area contributed by atoms with E-state index >= 15 is 0 Å². The molecule has 0 heterocycles. The Hall–Kier alpha value is 0.500. The van der Waals surface area contributed by atoms with Crippen LogP contribution in [0.2, 0.25) is 0 Å². The molecule has 0 aromatic rings. The second kappa shape index (κ2) is 5.19. The van der Waals surface area contributed by atoms with Crippen LogP contribution in [-0.2, 0) is 13.6 Å². The van der Waals surface area contributed by atoms with Crippen LogP contribution in [0.1, 0.15) is 13.3 Å². The topological polar surface area (TPSA) is 35.5 Å². The zero-order chi connectivity index (χ0) is 8.04. The lowest BCUT2D eigenvalue weighted by molar-refractivity contribution is 0.295. The summed E-state index contributed by atoms with van der Waals surface area (Å²) in [6, 6.07) is 0. The SMILES string of the molecule is CCCSP(=O)(OC)OC. The minimum atomic E-state index is -2.78. The van der Waals surface area contributed by atoms with E-state index < -0.39 is 6.80 Å². The molecule has 0 aliphatic carbocycles. The van der Waals surface area contributed by atoms with Gasteiger partial charge in [-0.1, -0.05) is 6.92 Å². The van der Waals surface area contributed by atoms with Crippen molar-refractivity contribution in [2.75, 3.05) is 20.0 Å². The highest BCUT2D eigenvalue weighted by molar-refractivity contribution is 8.55. The van der Waals surface area contributed by atoms with Crippen molar-refractivity contribution < 1.29 is 13.6 Å². The van der Waals surface area contributed by atoms with Gasteiger partial charge in [0.1, 0.15) is 0 Å². The zero-order valence-electron chi connectivity index (χ0n) is 6.49. The van der Waals surface area contributed by atoms with Gasteiger partial charge in [-0.05, 0) is 17.8 Å². The van der Waals surface area contributed by atoms with Crippen molar-refractivity contribution in [3.63, 3.8) is 0 Å². The average Bonchev–Trinajstić information content (AvgIpc) is 2.00. The molecule has 0 amide bonds. The van der Waals surface area contributed by atoms with Crippen molar-refractivity contribution in [3.05, 3.63) is 0 Å². The van der Waals surface area contributed by atoms with E-state index in [-0.39, 0.29) is 0 Å². The third-order valence-corrected chi connectivity index (χ3v) is 5.09. The summed E-state index contributed by atoms with van der Waals surface area (Å²) in [7, 11) is 2.79. The molecule has 0 aliphatic heterocycles. The van der Waals surface area contributed by atoms with Crippen molar-refractivity contribution in [2.24, 2.45) is 0 Å². The largest absolute Gasteiger partial charge is 0.388 e. The Morgan fingerprint density at radius 2 is 1.90 bits per heavy atom. The first-order valence-electron chi connectivity index (χ1n) is 3.04. The van der Waals surface area contributed by atoms with Gasteiger partial charge in [0, 0.05) is 20.0 Å². The molecule has 0 aromatic heterocycles. The third-order valence-electron chi connectivity index (χ3n) is 0.901. The summed E-state index contributed by atoms with van der Waals surface area (Å²) in [5.41, 5.74) is 0. The molecule has 0 saturated carbocycles. The normalized spacial score (nSPS) is 11.9. The molecule has 0 aliphatic rings. The first-order valence-corrected chi connectivity index (χ1v) is 6.18. The Bertz CT molecular complexity index is 120. The lowest BCUT2D eigenvalue weighted by atomic mass is 10.6. The molecule has 0 fully saturated rings. The maximum absolute atomic E-state index is 11.2. The fourth-order valence-electron chi connectivity index (χ4n) is 0.383. The van der Waals surface area contributed by atoms with Crippen LogP contribution in [0.3, 0.4) is 0 Å². The van der Waals surface area contributed by atoms with Crippen LogP contribution < -0.4 is 0 Å². The summed E-state index contributed by atoms with van der Waals surface area (Å²) in [6.45, 7) is -0.764. The Morgan fingerprint density at radius 1 is 1.40 bits per heavy atom. The van der Waals surface area contributed by atoms with E-state index in [1.807, 2.05) is 6.92 Å². The number of rotatable bonds is 5. The molecule has 0 N–H and O–H groups in total. The minimum absolute atomic E-state index is 0.805. The molecular weight excluding hydrogens is 171 g/mol. The fraction of sp³-hybridized carbons (Fsp3) is 1.00. The summed E-state index contributed by atoms with van der Waals surface area (Å²) in [6.07, 6.45) is 0.974. The number of hydrogen-bond donors (Lipinski definition) is 0. The molecular formula is C5H13O3PS. The van der Waals surface area contributed by atoms with Gasteiger partial charge in [-0.25, -0.2) is 4.57 Å². The van der Waals surface area contributed by atoms with Crippen LogP contribution in [0.5, 0.6) is 0 Å². The zero-order valence-corrected chi connectivity index (χ0v) is 8.21. The molecule has 0 rings (SSSR count). The quantitative estimate of drug-likeness (QED) is 0.615. The van der Waals surface area contributed by atoms with Crippen LogP contribution in [-0.4, -0.2) is 20.0 Å². The smallest absolute Gasteiger partial charge is 0.304 e. The van der Waals surface area contributed by atoms with Gasteiger partial charge >= 0.3 is 6.80 Å². The second-order valence-corrected chi connectivity index (χ2v) is 6.05. The maximum atomic E-state index is 11.2. The molecule has 62 valence electrons. The molecule has 0 unspecified atom stereocenters. The molecule has 10 heavy (non-hydrogen) atoms. The van der Waals surface area contributed by atoms with Gasteiger partial charge in [0.2, 0.25) is 0 Å². The Labute approximate surface area is 65.8 Å². The van der Waals surface area contributed by atoms with Gasteiger partial charge in [0.05, 0.1) is 0 Å². The molecule has 0 radical (unpaired) electrons. The van der Waals surface area contributed by atoms with Crippen molar-refractivity contribution >= 4 is 18.2 Å². The highest BCUT2D eigenvalue weighted by atomic mass is 32.7. The Kier molecular flexibility index (Phi) is 5.45. The van der Waals surface area contributed by atoms with E-state index in [1.54, 1.807) is 0 Å². The highest BCUT2D eigenvalue weighted by Gasteiger charge is 2.20. The Balaban J connectivity index is 3.70. The van der Waals surface area contributed by atoms with Crippen molar-refractivity contribution in [2.45, 2.75) is 13.3 Å². The predicted molar refractivity (Wildman–Crippen MR) is 44.4 cm³/mol. The summed E-state index contributed by atoms with van der Waals surface area (Å²) < 4.78 is 20.6. The summed E-state index contributed by atoms with van der Waals surface area (Å²) in [5.74, 6) is 0.805. The summed E-state index contributed by atoms with van der Waals surface area (Å²) in [4.78, 5) is 0. The van der Waals surface area contributed by atoms with Crippen molar-refractivity contribution in [1.29, 1.82) is 0 Å². The first kappa shape index (κ1) is 10.5. The molecule has 0 aromatic carbocycles. The Morgan fingerprint density at radius 3 is 2.20 bits per heavy atom. The lowest BCUT2D eigenvalue weighted by Gasteiger charge is -2.10. The van der Waals surface area contributed by atoms with Gasteiger partial charge in [0.25, 0.3) is 0 Å². The summed E-state index contributed by atoms with van der Waals surface area (Å²) >= 11 is 1.23. The second-order valence-electron chi connectivity index (χ2n) is 1.65. The fourth-order valence-corrected chi connectivity index (χ4v) is 3.00. The van der Waals surface area contributed by atoms with E-state index in [1.165, 1.54) is 25.6 Å². The lowest BCUT2D eigenvalue weighted by Crippen LogP contribution is -1.84. The van der Waals surface area contributed by atoms with E-state index in [4.69, 9.17) is 0 Å². The van der Waals surface area contributed by atoms with Crippen molar-refractivity contribution in [3.8, 4) is 0 Å². The average molecular weight is 184 g/mol. The molecule has 5 heteroatoms. The van der Waals surface area contributed by atoms with Gasteiger partial charge in [-0.2, -0.15) is 0 Å². The molecule has 3 nitrogen and oxygen atoms in total. The van der Waals surface area contributed by atoms with Crippen LogP contribution >= 0.6 is 18.2 Å². The van der Waals surface area contributed by atoms with Gasteiger partial charge < -0.3 is 9.05 Å². The third kappa shape index (κ3) is 3.62. The maximum Gasteiger partial charge on any atom is 0.388 e. The predicted octanol–water partition coefficient (Wildman–Crippen LogP) is 2.53. The van der Waals surface area contributed by atoms with Gasteiger partial charge in [-0.15, -0.1) is 0 Å². The van der Waals surface area contributed by atoms with Crippen LogP contribution in [0.4, 0.5) is 0 Å². The monoisotopic (exact) mass is 184 g/mol. The van der Waals surface area contributed by atoms with Crippen molar-refractivity contribution in [1.82, 2.24) is 0 Å². The summed E-state index contributed by atoms with van der Waals surface area (Å²) in [5, 5.41) is 0. The van der Waals surface area contributed by atoms with E-state index in [0.717, 1.165) is 12.2 Å². The van der Waals surface area contributed by atoms with Crippen LogP contribution in [0.25, 0.3) is 0 Å². The van der Waals surface area contributed by atoms with Gasteiger partial charge in [0.15, 0.2) is 0 Å². The molecule has 0 saturated heterocycles. The van der Waals surface area contributed by atoms with E-state index in [9.17, 15) is 4.57 Å². The minimum Gasteiger partial charge on any atom is -0.304 e. The number of hydrogen-bond acceptors (Lipinski definition) is 4. The molecule has 0 spiro atoms. The highest BCUT2D eigenvalue weighted by Crippen LogP contribution is 2.59. The molecule has 0 atom stereocenters. The van der Waals surface area contributed by atoms with Crippen LogP contribution in [0.15, 0.2) is 0 Å². The van der Waals surface area contributed by atoms with E-state index in [2.05, 4.69) is 9.05 Å². The molecule has 0 bridgehead atoms. The van der Waals surface area contributed by atoms with Gasteiger partial charge in [-0.3, -0.25) is 0 Å². The first-order chi connectivity index (χ1) is 4.68. The van der Waals surface area contributed by atoms with E-state index in [0.29, 0.717) is 0 Å². The standard InChI is InChI=1S/C5H13O3PS/c1-4-5-10-9(6,7-2)8-3/h4-5H2,1-3H3. The van der Waals surface area contributed by atoms with Crippen LogP contribution in [0, 0.1) is 0 Å².